The molecule has 0 bridgehead atoms. The van der Waals surface area contributed by atoms with Gasteiger partial charge >= 0.3 is 0 Å². The lowest BCUT2D eigenvalue weighted by Crippen LogP contribution is -2.38. The molecule has 0 radical (unpaired) electrons. The molecule has 29 heavy (non-hydrogen) atoms. The second kappa shape index (κ2) is 9.65. The molecule has 1 aliphatic heterocycles. The van der Waals surface area contributed by atoms with Gasteiger partial charge in [-0.1, -0.05) is 12.1 Å². The average Bonchev–Trinajstić information content (AvgIpc) is 2.76. The van der Waals surface area contributed by atoms with Crippen LogP contribution in [0.15, 0.2) is 36.4 Å². The molecule has 1 N–H and O–H groups in total. The number of nitrogens with zero attached hydrogens (tertiary/aromatic N) is 1. The van der Waals surface area contributed by atoms with Crippen molar-refractivity contribution in [2.24, 2.45) is 5.92 Å². The number of phenolic OH excluding ortho intramolecular Hbond substituents is 1. The molecule has 6 heteroatoms. The quantitative estimate of drug-likeness (QED) is 0.679. The molecule has 2 aromatic carbocycles. The van der Waals surface area contributed by atoms with Gasteiger partial charge in [0, 0.05) is 30.1 Å². The number of hydrogen-bond acceptors (Lipinski definition) is 6. The topological polar surface area (TPSA) is 68.2 Å². The summed E-state index contributed by atoms with van der Waals surface area (Å²) in [5.41, 5.74) is 1.45. The SMILES string of the molecule is CCOc1cccc(CN2CCC[C@H](C(=O)c3ccc(OC)c(OC)c3)C2)c1O. The number of phenols is 1. The lowest BCUT2D eigenvalue weighted by atomic mass is 9.89. The summed E-state index contributed by atoms with van der Waals surface area (Å²) in [7, 11) is 3.14. The van der Waals surface area contributed by atoms with Gasteiger partial charge in [0.25, 0.3) is 0 Å². The van der Waals surface area contributed by atoms with E-state index in [4.69, 9.17) is 14.2 Å². The van der Waals surface area contributed by atoms with Crippen LogP contribution in [0.25, 0.3) is 0 Å². The Hall–Kier alpha value is -2.73. The molecule has 3 rings (SSSR count). The maximum absolute atomic E-state index is 13.1. The minimum absolute atomic E-state index is 0.0842. The first kappa shape index (κ1) is 21.0. The number of carbonyl (C=O) groups is 1. The fourth-order valence-corrected chi connectivity index (χ4v) is 3.85. The summed E-state index contributed by atoms with van der Waals surface area (Å²) >= 11 is 0. The number of methoxy groups -OCH3 is 2. The Kier molecular flexibility index (Phi) is 6.99. The van der Waals surface area contributed by atoms with Crippen LogP contribution in [0.1, 0.15) is 35.7 Å². The van der Waals surface area contributed by atoms with Crippen molar-refractivity contribution in [1.29, 1.82) is 0 Å². The fourth-order valence-electron chi connectivity index (χ4n) is 3.85. The Balaban J connectivity index is 1.71. The zero-order valence-corrected chi connectivity index (χ0v) is 17.3. The number of ether oxygens (including phenoxy) is 3. The molecule has 0 saturated carbocycles. The number of hydrogen-bond donors (Lipinski definition) is 1. The van der Waals surface area contributed by atoms with E-state index in [1.165, 1.54) is 0 Å². The molecule has 6 nitrogen and oxygen atoms in total. The number of para-hydroxylation sites is 1. The lowest BCUT2D eigenvalue weighted by Gasteiger charge is -2.32. The van der Waals surface area contributed by atoms with E-state index < -0.39 is 0 Å². The summed E-state index contributed by atoms with van der Waals surface area (Å²) < 4.78 is 16.1. The highest BCUT2D eigenvalue weighted by Gasteiger charge is 2.28. The summed E-state index contributed by atoms with van der Waals surface area (Å²) in [6, 6.07) is 10.9. The molecular weight excluding hydrogens is 370 g/mol. The molecule has 1 atom stereocenters. The smallest absolute Gasteiger partial charge is 0.167 e. The molecule has 0 spiro atoms. The van der Waals surface area contributed by atoms with E-state index in [1.807, 2.05) is 19.1 Å². The van der Waals surface area contributed by atoms with Crippen molar-refractivity contribution in [3.05, 3.63) is 47.5 Å². The highest BCUT2D eigenvalue weighted by Crippen LogP contribution is 2.33. The summed E-state index contributed by atoms with van der Waals surface area (Å²) in [5, 5.41) is 10.5. The van der Waals surface area contributed by atoms with E-state index in [0.29, 0.717) is 42.5 Å². The summed E-state index contributed by atoms with van der Waals surface area (Å²) in [5.74, 6) is 1.88. The number of piperidine rings is 1. The van der Waals surface area contributed by atoms with Gasteiger partial charge in [0.1, 0.15) is 0 Å². The number of carbonyl (C=O) groups excluding carboxylic acids is 1. The molecular formula is C23H29NO5. The monoisotopic (exact) mass is 399 g/mol. The lowest BCUT2D eigenvalue weighted by molar-refractivity contribution is 0.0810. The van der Waals surface area contributed by atoms with Crippen molar-refractivity contribution < 1.29 is 24.1 Å². The van der Waals surface area contributed by atoms with Gasteiger partial charge in [0.2, 0.25) is 0 Å². The minimum Gasteiger partial charge on any atom is -0.504 e. The van der Waals surface area contributed by atoms with Crippen LogP contribution < -0.4 is 14.2 Å². The minimum atomic E-state index is -0.0842. The zero-order valence-electron chi connectivity index (χ0n) is 17.3. The molecule has 1 fully saturated rings. The molecule has 0 aliphatic carbocycles. The number of benzene rings is 2. The normalized spacial score (nSPS) is 17.0. The molecule has 2 aromatic rings. The third-order valence-corrected chi connectivity index (χ3v) is 5.32. The van der Waals surface area contributed by atoms with Gasteiger partial charge in [0.15, 0.2) is 28.8 Å². The molecule has 1 aliphatic rings. The Morgan fingerprint density at radius 3 is 2.66 bits per heavy atom. The van der Waals surface area contributed by atoms with Crippen molar-refractivity contribution >= 4 is 5.78 Å². The third kappa shape index (κ3) is 4.82. The Morgan fingerprint density at radius 1 is 1.14 bits per heavy atom. The predicted molar refractivity (Wildman–Crippen MR) is 111 cm³/mol. The fraction of sp³-hybridized carbons (Fsp3) is 0.435. The molecule has 156 valence electrons. The van der Waals surface area contributed by atoms with Crippen molar-refractivity contribution in [2.45, 2.75) is 26.3 Å². The van der Waals surface area contributed by atoms with Crippen molar-refractivity contribution in [1.82, 2.24) is 4.90 Å². The van der Waals surface area contributed by atoms with Gasteiger partial charge in [0.05, 0.1) is 20.8 Å². The second-order valence-corrected chi connectivity index (χ2v) is 7.21. The summed E-state index contributed by atoms with van der Waals surface area (Å²) in [6.45, 7) is 4.53. The number of aromatic hydroxyl groups is 1. The third-order valence-electron chi connectivity index (χ3n) is 5.32. The molecule has 1 heterocycles. The predicted octanol–water partition coefficient (Wildman–Crippen LogP) is 3.90. The van der Waals surface area contributed by atoms with Crippen LogP contribution in [-0.4, -0.2) is 49.7 Å². The van der Waals surface area contributed by atoms with E-state index in [-0.39, 0.29) is 17.5 Å². The molecule has 0 amide bonds. The first-order valence-corrected chi connectivity index (χ1v) is 9.99. The number of Topliss-reactive ketones (excluding diaryl/α,β-unsaturated/α-hetero) is 1. The zero-order chi connectivity index (χ0) is 20.8. The highest BCUT2D eigenvalue weighted by atomic mass is 16.5. The van der Waals surface area contributed by atoms with E-state index in [9.17, 15) is 9.90 Å². The van der Waals surface area contributed by atoms with Crippen molar-refractivity contribution in [3.8, 4) is 23.0 Å². The molecule has 0 unspecified atom stereocenters. The largest absolute Gasteiger partial charge is 0.504 e. The van der Waals surface area contributed by atoms with E-state index in [0.717, 1.165) is 24.9 Å². The Bertz CT molecular complexity index is 851. The number of ketones is 1. The van der Waals surface area contributed by atoms with Gasteiger partial charge in [-0.3, -0.25) is 9.69 Å². The van der Waals surface area contributed by atoms with E-state index >= 15 is 0 Å². The van der Waals surface area contributed by atoms with Crippen LogP contribution in [0.4, 0.5) is 0 Å². The summed E-state index contributed by atoms with van der Waals surface area (Å²) in [6.07, 6.45) is 1.80. The molecule has 1 saturated heterocycles. The van der Waals surface area contributed by atoms with Crippen LogP contribution in [0.2, 0.25) is 0 Å². The maximum atomic E-state index is 13.1. The first-order valence-electron chi connectivity index (χ1n) is 9.99. The maximum Gasteiger partial charge on any atom is 0.167 e. The van der Waals surface area contributed by atoms with Crippen LogP contribution in [0.5, 0.6) is 23.0 Å². The standard InChI is InChI=1S/C23H29NO5/c1-4-29-20-9-5-7-18(23(20)26)15-24-12-6-8-17(14-24)22(25)16-10-11-19(27-2)21(13-16)28-3/h5,7,9-11,13,17,26H,4,6,8,12,14-15H2,1-3H3/t17-/m0/s1. The van der Waals surface area contributed by atoms with Crippen LogP contribution >= 0.6 is 0 Å². The Labute approximate surface area is 172 Å². The van der Waals surface area contributed by atoms with Crippen molar-refractivity contribution in [2.75, 3.05) is 33.9 Å². The second-order valence-electron chi connectivity index (χ2n) is 7.21. The van der Waals surface area contributed by atoms with Gasteiger partial charge < -0.3 is 19.3 Å². The number of rotatable bonds is 8. The average molecular weight is 399 g/mol. The van der Waals surface area contributed by atoms with E-state index in [1.54, 1.807) is 38.5 Å². The van der Waals surface area contributed by atoms with E-state index in [2.05, 4.69) is 4.90 Å². The van der Waals surface area contributed by atoms with Crippen LogP contribution in [0.3, 0.4) is 0 Å². The molecule has 0 aromatic heterocycles. The van der Waals surface area contributed by atoms with Gasteiger partial charge in [-0.25, -0.2) is 0 Å². The first-order chi connectivity index (χ1) is 14.1. The summed E-state index contributed by atoms with van der Waals surface area (Å²) in [4.78, 5) is 15.3. The van der Waals surface area contributed by atoms with Crippen LogP contribution in [-0.2, 0) is 6.54 Å². The highest BCUT2D eigenvalue weighted by molar-refractivity contribution is 5.98. The van der Waals surface area contributed by atoms with Crippen molar-refractivity contribution in [3.63, 3.8) is 0 Å². The van der Waals surface area contributed by atoms with Gasteiger partial charge in [-0.15, -0.1) is 0 Å². The Morgan fingerprint density at radius 2 is 1.93 bits per heavy atom. The van der Waals surface area contributed by atoms with Gasteiger partial charge in [-0.2, -0.15) is 0 Å². The number of likely N-dealkylation sites (tertiary alicyclic amines) is 1. The van der Waals surface area contributed by atoms with Crippen LogP contribution in [0, 0.1) is 5.92 Å². The van der Waals surface area contributed by atoms with Gasteiger partial charge in [-0.05, 0) is 50.6 Å².